The molecule has 1 unspecified atom stereocenters. The van der Waals surface area contributed by atoms with Crippen molar-refractivity contribution < 1.29 is 67.0 Å². The zero-order valence-electron chi connectivity index (χ0n) is 43.5. The molecule has 0 saturated carbocycles. The summed E-state index contributed by atoms with van der Waals surface area (Å²) in [6.45, 7) is 13.6. The molecule has 2 aromatic heterocycles. The number of carbonyl (C=O) groups excluding carboxylic acids is 5. The van der Waals surface area contributed by atoms with Crippen molar-refractivity contribution in [3.63, 3.8) is 0 Å². The molecule has 25 nitrogen and oxygen atoms in total. The predicted octanol–water partition coefficient (Wildman–Crippen LogP) is 1.66. The second-order valence-corrected chi connectivity index (χ2v) is 17.7. The van der Waals surface area contributed by atoms with Crippen LogP contribution in [-0.4, -0.2) is 190 Å². The normalized spacial score (nSPS) is 11.7. The van der Waals surface area contributed by atoms with Gasteiger partial charge in [-0.05, 0) is 71.2 Å². The fourth-order valence-electron chi connectivity index (χ4n) is 6.71. The minimum atomic E-state index is -1.15. The van der Waals surface area contributed by atoms with E-state index in [1.807, 2.05) is 18.9 Å². The Balaban J connectivity index is 1.35. The minimum Gasteiger partial charge on any atom is -0.481 e. The third-order valence-electron chi connectivity index (χ3n) is 10.4. The highest BCUT2D eigenvalue weighted by Gasteiger charge is 2.28. The molecule has 0 fully saturated rings. The molecule has 412 valence electrons. The van der Waals surface area contributed by atoms with Crippen LogP contribution in [0.25, 0.3) is 11.2 Å². The predicted molar refractivity (Wildman–Crippen MR) is 273 cm³/mol. The van der Waals surface area contributed by atoms with E-state index < -0.39 is 35.4 Å². The van der Waals surface area contributed by atoms with Gasteiger partial charge in [0.1, 0.15) is 11.6 Å². The molecule has 0 bridgehead atoms. The number of aliphatic carboxylic acids is 1. The van der Waals surface area contributed by atoms with Crippen LogP contribution in [0, 0.1) is 0 Å². The van der Waals surface area contributed by atoms with Crippen molar-refractivity contribution in [3.8, 4) is 0 Å². The number of amides is 4. The monoisotopic (exact) mass is 1040 g/mol. The van der Waals surface area contributed by atoms with Crippen LogP contribution in [0.4, 0.5) is 17.5 Å². The first-order chi connectivity index (χ1) is 35.4. The van der Waals surface area contributed by atoms with E-state index in [2.05, 4.69) is 35.9 Å². The van der Waals surface area contributed by atoms with Crippen LogP contribution < -0.4 is 32.3 Å². The standard InChI is InChI=1S/C49H77N11O14/c1-6-68-23-24-70-27-28-72-31-32-73-30-29-71-26-25-69-22-17-40(62)53-19-8-21-60(41(63)15-16-42(64)65)20-7-18-52-39(61)14-13-38(47(67)74-49(2,3)4)56-46(66)35-9-11-37(12-10-35)59(5)34-36-33-54-45-43(55-36)44(50)57-48(51)58-45/h9-12,33,38H,6-8,13-32,34H2,1-5H3,(H,52,61)(H,53,62)(H,56,66)(H,64,65)(H4,50,51,54,57,58). The Labute approximate surface area is 432 Å². The molecule has 2 heterocycles. The van der Waals surface area contributed by atoms with E-state index in [1.54, 1.807) is 51.2 Å². The highest BCUT2D eigenvalue weighted by atomic mass is 16.6. The van der Waals surface area contributed by atoms with Crippen molar-refractivity contribution in [2.45, 2.75) is 90.8 Å². The fraction of sp³-hybridized carbons (Fsp3) is 0.633. The number of carboxylic acid groups (broad SMARTS) is 1. The van der Waals surface area contributed by atoms with Crippen LogP contribution in [0.3, 0.4) is 0 Å². The first-order valence-corrected chi connectivity index (χ1v) is 24.8. The van der Waals surface area contributed by atoms with Gasteiger partial charge >= 0.3 is 11.9 Å². The lowest BCUT2D eigenvalue weighted by Gasteiger charge is -2.25. The van der Waals surface area contributed by atoms with Crippen molar-refractivity contribution >= 4 is 64.2 Å². The summed E-state index contributed by atoms with van der Waals surface area (Å²) in [6, 6.07) is 5.53. The van der Waals surface area contributed by atoms with Gasteiger partial charge in [-0.2, -0.15) is 9.97 Å². The van der Waals surface area contributed by atoms with Gasteiger partial charge in [0, 0.05) is 70.3 Å². The maximum Gasteiger partial charge on any atom is 0.329 e. The van der Waals surface area contributed by atoms with Crippen LogP contribution in [0.5, 0.6) is 0 Å². The zero-order valence-corrected chi connectivity index (χ0v) is 43.5. The number of rotatable bonds is 39. The summed E-state index contributed by atoms with van der Waals surface area (Å²) in [5.74, 6) is -3.23. The number of nitrogens with two attached hydrogens (primary N) is 2. The number of nitrogens with zero attached hydrogens (tertiary/aromatic N) is 6. The molecule has 0 saturated heterocycles. The van der Waals surface area contributed by atoms with Crippen molar-refractivity contribution in [2.24, 2.45) is 0 Å². The van der Waals surface area contributed by atoms with Crippen LogP contribution in [0.2, 0.25) is 0 Å². The van der Waals surface area contributed by atoms with Crippen LogP contribution in [0.15, 0.2) is 30.5 Å². The summed E-state index contributed by atoms with van der Waals surface area (Å²) in [6.07, 6.45) is 1.73. The Morgan fingerprint density at radius 2 is 1.24 bits per heavy atom. The molecule has 1 atom stereocenters. The number of hydrogen-bond donors (Lipinski definition) is 6. The summed E-state index contributed by atoms with van der Waals surface area (Å²) < 4.78 is 38.0. The molecule has 0 radical (unpaired) electrons. The molecule has 74 heavy (non-hydrogen) atoms. The van der Waals surface area contributed by atoms with Crippen LogP contribution in [0.1, 0.15) is 88.7 Å². The first kappa shape index (κ1) is 61.9. The van der Waals surface area contributed by atoms with Gasteiger partial charge in [-0.3, -0.25) is 24.0 Å². The minimum absolute atomic E-state index is 0.00226. The molecule has 3 rings (SSSR count). The maximum absolute atomic E-state index is 13.4. The Bertz CT molecular complexity index is 2180. The molecule has 0 aliphatic rings. The van der Waals surface area contributed by atoms with Crippen LogP contribution >= 0.6 is 0 Å². The van der Waals surface area contributed by atoms with Crippen molar-refractivity contribution in [3.05, 3.63) is 41.7 Å². The topological polar surface area (TPSA) is 333 Å². The average molecular weight is 1040 g/mol. The maximum atomic E-state index is 13.4. The number of nitrogens with one attached hydrogen (secondary N) is 3. The molecule has 8 N–H and O–H groups in total. The number of fused-ring (bicyclic) bond motifs is 1. The van der Waals surface area contributed by atoms with Gasteiger partial charge in [0.25, 0.3) is 5.91 Å². The van der Waals surface area contributed by atoms with Gasteiger partial charge in [-0.1, -0.05) is 0 Å². The summed E-state index contributed by atoms with van der Waals surface area (Å²) in [7, 11) is 1.83. The van der Waals surface area contributed by atoms with Crippen molar-refractivity contribution in [1.82, 2.24) is 40.8 Å². The molecule has 0 aliphatic heterocycles. The highest BCUT2D eigenvalue weighted by Crippen LogP contribution is 2.19. The smallest absolute Gasteiger partial charge is 0.329 e. The van der Waals surface area contributed by atoms with Gasteiger partial charge in [0.2, 0.25) is 23.7 Å². The van der Waals surface area contributed by atoms with Crippen LogP contribution in [-0.2, 0) is 63.7 Å². The summed E-state index contributed by atoms with van der Waals surface area (Å²) in [5.41, 5.74) is 13.0. The number of aromatic nitrogens is 4. The van der Waals surface area contributed by atoms with Gasteiger partial charge in [0.15, 0.2) is 17.0 Å². The zero-order chi connectivity index (χ0) is 54.1. The van der Waals surface area contributed by atoms with Crippen molar-refractivity contribution in [1.29, 1.82) is 0 Å². The molecule has 0 aliphatic carbocycles. The van der Waals surface area contributed by atoms with Gasteiger partial charge in [-0.25, -0.2) is 14.8 Å². The number of esters is 1. The summed E-state index contributed by atoms with van der Waals surface area (Å²) in [4.78, 5) is 96.4. The van der Waals surface area contributed by atoms with E-state index in [0.717, 1.165) is 5.69 Å². The lowest BCUT2D eigenvalue weighted by Crippen LogP contribution is -2.45. The second kappa shape index (κ2) is 34.9. The summed E-state index contributed by atoms with van der Waals surface area (Å²) >= 11 is 0. The Morgan fingerprint density at radius 3 is 1.78 bits per heavy atom. The molecule has 4 amide bonds. The number of carbonyl (C=O) groups is 6. The lowest BCUT2D eigenvalue weighted by atomic mass is 10.1. The van der Waals surface area contributed by atoms with E-state index in [0.29, 0.717) is 103 Å². The van der Waals surface area contributed by atoms with Crippen molar-refractivity contribution in [2.75, 3.05) is 129 Å². The number of ether oxygens (including phenoxy) is 7. The Kier molecular flexibility index (Phi) is 29.2. The van der Waals surface area contributed by atoms with E-state index in [9.17, 15) is 28.8 Å². The number of nitrogen functional groups attached to an aromatic ring is 2. The molecule has 25 heteroatoms. The second-order valence-electron chi connectivity index (χ2n) is 17.7. The molecular formula is C49H77N11O14. The Morgan fingerprint density at radius 1 is 0.703 bits per heavy atom. The lowest BCUT2D eigenvalue weighted by molar-refractivity contribution is -0.157. The average Bonchev–Trinajstić information content (AvgIpc) is 3.35. The Hall–Kier alpha value is -6.38. The third-order valence-corrected chi connectivity index (χ3v) is 10.4. The first-order valence-electron chi connectivity index (χ1n) is 24.8. The number of carboxylic acids is 1. The van der Waals surface area contributed by atoms with Gasteiger partial charge < -0.3 is 75.5 Å². The molecular weight excluding hydrogens is 967 g/mol. The van der Waals surface area contributed by atoms with E-state index in [1.165, 1.54) is 4.90 Å². The quantitative estimate of drug-likeness (QED) is 0.0349. The fourth-order valence-corrected chi connectivity index (χ4v) is 6.71. The molecule has 1 aromatic carbocycles. The largest absolute Gasteiger partial charge is 0.481 e. The molecule has 3 aromatic rings. The summed E-state index contributed by atoms with van der Waals surface area (Å²) in [5, 5.41) is 17.4. The molecule has 0 spiro atoms. The third kappa shape index (κ3) is 26.5. The van der Waals surface area contributed by atoms with E-state index in [-0.39, 0.29) is 99.7 Å². The van der Waals surface area contributed by atoms with Gasteiger partial charge in [0.05, 0.1) is 97.5 Å². The number of benzene rings is 1. The van der Waals surface area contributed by atoms with Gasteiger partial charge in [-0.15, -0.1) is 0 Å². The number of anilines is 3. The van der Waals surface area contributed by atoms with E-state index >= 15 is 0 Å². The highest BCUT2D eigenvalue weighted by molar-refractivity contribution is 5.97. The SMILES string of the molecule is CCOCCOCCOCCOCCOCCOCCC(=O)NCCCN(CCCNC(=O)CCC(NC(=O)c1ccc(N(C)Cc2cnc3nc(N)nc(N)c3n2)cc1)C(=O)OC(C)(C)C)C(=O)CCC(=O)O. The number of hydrogen-bond acceptors (Lipinski definition) is 20. The van der Waals surface area contributed by atoms with E-state index in [4.69, 9.17) is 49.7 Å².